The molecule has 2 rings (SSSR count). The highest BCUT2D eigenvalue weighted by Crippen LogP contribution is 2.04. The molecule has 2 aromatic heterocycles. The molecule has 186 valence electrons. The van der Waals surface area contributed by atoms with Gasteiger partial charge in [-0.05, 0) is 6.92 Å². The van der Waals surface area contributed by atoms with Crippen molar-refractivity contribution in [3.05, 3.63) is 36.4 Å². The fourth-order valence-electron chi connectivity index (χ4n) is 2.87. The van der Waals surface area contributed by atoms with E-state index in [1.165, 1.54) is 32.0 Å². The van der Waals surface area contributed by atoms with Crippen molar-refractivity contribution in [2.24, 2.45) is 5.73 Å². The van der Waals surface area contributed by atoms with Crippen molar-refractivity contribution in [3.8, 4) is 0 Å². The first-order chi connectivity index (χ1) is 16.1. The minimum atomic E-state index is -1.58. The molecular weight excluding hydrogens is 452 g/mol. The van der Waals surface area contributed by atoms with E-state index in [0.29, 0.717) is 11.4 Å². The highest BCUT2D eigenvalue weighted by molar-refractivity contribution is 5.94. The number of imidazole rings is 2. The van der Waals surface area contributed by atoms with E-state index in [-0.39, 0.29) is 12.8 Å². The van der Waals surface area contributed by atoms with E-state index < -0.39 is 60.6 Å². The second-order valence-electron chi connectivity index (χ2n) is 7.53. The van der Waals surface area contributed by atoms with Crippen LogP contribution in [0, 0.1) is 0 Å². The fourth-order valence-corrected chi connectivity index (χ4v) is 2.87. The maximum absolute atomic E-state index is 13.1. The molecule has 10 N–H and O–H groups in total. The van der Waals surface area contributed by atoms with E-state index in [1.54, 1.807) is 0 Å². The summed E-state index contributed by atoms with van der Waals surface area (Å²) in [5, 5.41) is 35.0. The van der Waals surface area contributed by atoms with Crippen LogP contribution in [0.1, 0.15) is 18.3 Å². The molecule has 15 heteroatoms. The van der Waals surface area contributed by atoms with Gasteiger partial charge in [0.25, 0.3) is 0 Å². The number of aliphatic hydroxyl groups is 2. The molecule has 5 atom stereocenters. The van der Waals surface area contributed by atoms with Gasteiger partial charge < -0.3 is 47.0 Å². The van der Waals surface area contributed by atoms with Gasteiger partial charge in [0.15, 0.2) is 0 Å². The van der Waals surface area contributed by atoms with Crippen LogP contribution in [0.4, 0.5) is 0 Å². The van der Waals surface area contributed by atoms with Crippen LogP contribution < -0.4 is 21.7 Å². The van der Waals surface area contributed by atoms with Crippen molar-refractivity contribution < 1.29 is 34.5 Å². The highest BCUT2D eigenvalue weighted by atomic mass is 16.4. The summed E-state index contributed by atoms with van der Waals surface area (Å²) in [6.07, 6.45) is 4.28. The SMILES string of the molecule is CC(O)C(N)C(=O)NC(Cc1cnc[nH]1)C(=O)NC(Cc1cnc[nH]1)C(=O)NC(CO)C(=O)O. The fraction of sp³-hybridized carbons (Fsp3) is 0.474. The van der Waals surface area contributed by atoms with Crippen molar-refractivity contribution in [1.82, 2.24) is 35.9 Å². The smallest absolute Gasteiger partial charge is 0.328 e. The molecule has 0 bridgehead atoms. The number of aliphatic carboxylic acids is 1. The largest absolute Gasteiger partial charge is 0.480 e. The van der Waals surface area contributed by atoms with Crippen molar-refractivity contribution in [3.63, 3.8) is 0 Å². The Balaban J connectivity index is 2.22. The summed E-state index contributed by atoms with van der Waals surface area (Å²) in [6.45, 7) is 0.459. The highest BCUT2D eigenvalue weighted by Gasteiger charge is 2.31. The minimum Gasteiger partial charge on any atom is -0.480 e. The maximum Gasteiger partial charge on any atom is 0.328 e. The molecule has 0 radical (unpaired) electrons. The quantitative estimate of drug-likeness (QED) is 0.135. The number of carbonyl (C=O) groups excluding carboxylic acids is 3. The summed E-state index contributed by atoms with van der Waals surface area (Å²) in [7, 11) is 0. The Morgan fingerprint density at radius 1 is 0.912 bits per heavy atom. The number of carbonyl (C=O) groups is 4. The van der Waals surface area contributed by atoms with E-state index in [1.807, 2.05) is 0 Å². The molecule has 0 spiro atoms. The molecule has 0 aliphatic carbocycles. The average Bonchev–Trinajstić information content (AvgIpc) is 3.49. The molecule has 0 aliphatic heterocycles. The topological polar surface area (TPSA) is 248 Å². The first-order valence-corrected chi connectivity index (χ1v) is 10.2. The zero-order valence-corrected chi connectivity index (χ0v) is 18.3. The van der Waals surface area contributed by atoms with E-state index >= 15 is 0 Å². The number of aliphatic hydroxyl groups excluding tert-OH is 2. The van der Waals surface area contributed by atoms with Gasteiger partial charge in [-0.3, -0.25) is 14.4 Å². The lowest BCUT2D eigenvalue weighted by atomic mass is 10.1. The molecule has 0 saturated carbocycles. The number of carboxylic acids is 1. The molecule has 5 unspecified atom stereocenters. The van der Waals surface area contributed by atoms with Crippen LogP contribution in [0.3, 0.4) is 0 Å². The van der Waals surface area contributed by atoms with Gasteiger partial charge in [0.05, 0.1) is 25.4 Å². The van der Waals surface area contributed by atoms with E-state index in [2.05, 4.69) is 35.9 Å². The second kappa shape index (κ2) is 12.4. The summed E-state index contributed by atoms with van der Waals surface area (Å²) in [6, 6.07) is -5.39. The van der Waals surface area contributed by atoms with Crippen LogP contribution in [0.5, 0.6) is 0 Å². The van der Waals surface area contributed by atoms with E-state index in [9.17, 15) is 29.4 Å². The zero-order chi connectivity index (χ0) is 25.3. The number of aromatic amines is 2. The number of nitrogens with zero attached hydrogens (tertiary/aromatic N) is 2. The van der Waals surface area contributed by atoms with Gasteiger partial charge in [-0.15, -0.1) is 0 Å². The number of nitrogens with two attached hydrogens (primary N) is 1. The molecule has 0 fully saturated rings. The van der Waals surface area contributed by atoms with Crippen molar-refractivity contribution >= 4 is 23.7 Å². The molecule has 34 heavy (non-hydrogen) atoms. The number of carboxylic acid groups (broad SMARTS) is 1. The number of hydrogen-bond acceptors (Lipinski definition) is 9. The Bertz CT molecular complexity index is 948. The summed E-state index contributed by atoms with van der Waals surface area (Å²) in [4.78, 5) is 62.7. The third-order valence-corrected chi connectivity index (χ3v) is 4.84. The third kappa shape index (κ3) is 7.65. The summed E-state index contributed by atoms with van der Waals surface area (Å²) < 4.78 is 0. The molecule has 0 aliphatic rings. The maximum atomic E-state index is 13.1. The monoisotopic (exact) mass is 480 g/mol. The Morgan fingerprint density at radius 2 is 1.35 bits per heavy atom. The first-order valence-electron chi connectivity index (χ1n) is 10.2. The lowest BCUT2D eigenvalue weighted by Crippen LogP contribution is -2.59. The summed E-state index contributed by atoms with van der Waals surface area (Å²) in [5.74, 6) is -3.91. The second-order valence-corrected chi connectivity index (χ2v) is 7.53. The van der Waals surface area contributed by atoms with E-state index in [4.69, 9.17) is 10.8 Å². The molecule has 2 aromatic rings. The number of rotatable bonds is 13. The van der Waals surface area contributed by atoms with Gasteiger partial charge in [0, 0.05) is 36.6 Å². The minimum absolute atomic E-state index is 0.0448. The normalized spacial score (nSPS) is 15.4. The number of nitrogens with one attached hydrogen (secondary N) is 5. The molecule has 3 amide bonds. The number of aromatic nitrogens is 4. The molecule has 15 nitrogen and oxygen atoms in total. The third-order valence-electron chi connectivity index (χ3n) is 4.84. The summed E-state index contributed by atoms with van der Waals surface area (Å²) in [5.41, 5.74) is 6.60. The first kappa shape index (κ1) is 26.4. The average molecular weight is 480 g/mol. The van der Waals surface area contributed by atoms with Crippen LogP contribution in [-0.4, -0.2) is 95.8 Å². The lowest BCUT2D eigenvalue weighted by molar-refractivity contribution is -0.143. The van der Waals surface area contributed by atoms with Crippen LogP contribution >= 0.6 is 0 Å². The van der Waals surface area contributed by atoms with Gasteiger partial charge >= 0.3 is 5.97 Å². The van der Waals surface area contributed by atoms with Crippen molar-refractivity contribution in [2.75, 3.05) is 6.61 Å². The molecule has 0 saturated heterocycles. The van der Waals surface area contributed by atoms with Gasteiger partial charge in [0.2, 0.25) is 17.7 Å². The standard InChI is InChI=1S/C19H28N8O7/c1-9(29)15(20)18(32)26-13(3-11-5-22-8-24-11)16(30)25-12(2-10-4-21-7-23-10)17(31)27-14(6-28)19(33)34/h4-5,7-9,12-15,28-29H,2-3,6,20H2,1H3,(H,21,23)(H,22,24)(H,25,30)(H,26,32)(H,27,31)(H,33,34). The Morgan fingerprint density at radius 3 is 1.71 bits per heavy atom. The van der Waals surface area contributed by atoms with Crippen LogP contribution in [0.2, 0.25) is 0 Å². The molecule has 0 aromatic carbocycles. The van der Waals surface area contributed by atoms with Gasteiger partial charge in [-0.2, -0.15) is 0 Å². The molecule has 2 heterocycles. The van der Waals surface area contributed by atoms with Crippen molar-refractivity contribution in [2.45, 2.75) is 50.0 Å². The summed E-state index contributed by atoms with van der Waals surface area (Å²) >= 11 is 0. The predicted octanol–water partition coefficient (Wildman–Crippen LogP) is -3.84. The Kier molecular flexibility index (Phi) is 9.66. The van der Waals surface area contributed by atoms with Crippen LogP contribution in [0.25, 0.3) is 0 Å². The molecular formula is C19H28N8O7. The van der Waals surface area contributed by atoms with Gasteiger partial charge in [0.1, 0.15) is 24.2 Å². The van der Waals surface area contributed by atoms with Crippen molar-refractivity contribution in [1.29, 1.82) is 0 Å². The van der Waals surface area contributed by atoms with Crippen LogP contribution in [0.15, 0.2) is 25.0 Å². The van der Waals surface area contributed by atoms with Gasteiger partial charge in [-0.1, -0.05) is 0 Å². The lowest BCUT2D eigenvalue weighted by Gasteiger charge is -2.25. The number of hydrogen-bond donors (Lipinski definition) is 9. The van der Waals surface area contributed by atoms with Crippen LogP contribution in [-0.2, 0) is 32.0 Å². The Labute approximate surface area is 193 Å². The van der Waals surface area contributed by atoms with Gasteiger partial charge in [-0.25, -0.2) is 14.8 Å². The Hall–Kier alpha value is -3.82. The predicted molar refractivity (Wildman–Crippen MR) is 115 cm³/mol. The van der Waals surface area contributed by atoms with E-state index in [0.717, 1.165) is 0 Å². The number of H-pyrrole nitrogens is 2. The number of amides is 3. The zero-order valence-electron chi connectivity index (χ0n) is 18.3.